The van der Waals surface area contributed by atoms with Crippen LogP contribution in [0.15, 0.2) is 65.5 Å². The quantitative estimate of drug-likeness (QED) is 0.195. The zero-order chi connectivity index (χ0) is 26.1. The highest BCUT2D eigenvalue weighted by molar-refractivity contribution is 6.02. The molecule has 0 saturated heterocycles. The Labute approximate surface area is 214 Å². The molecule has 0 amide bonds. The molecule has 9 nitrogen and oxygen atoms in total. The second-order valence-corrected chi connectivity index (χ2v) is 9.07. The molecule has 37 heavy (non-hydrogen) atoms. The Morgan fingerprint density at radius 3 is 2.73 bits per heavy atom. The van der Waals surface area contributed by atoms with E-state index < -0.39 is 0 Å². The minimum absolute atomic E-state index is 0.234. The summed E-state index contributed by atoms with van der Waals surface area (Å²) in [4.78, 5) is 12.5. The lowest BCUT2D eigenvalue weighted by Crippen LogP contribution is -2.30. The number of nitrogens with zero attached hydrogens (tertiary/aromatic N) is 2. The van der Waals surface area contributed by atoms with E-state index in [0.29, 0.717) is 51.8 Å². The SMILES string of the molecule is CC(=N)c1cc(-c2cc(OCC(N)Cc3c[nH]c4ccccc34)c(N)nc2-c2ccoc2C)ncc1N. The molecule has 1 aromatic carbocycles. The van der Waals surface area contributed by atoms with Crippen molar-refractivity contribution in [3.8, 4) is 28.3 Å². The molecule has 188 valence electrons. The third kappa shape index (κ3) is 4.76. The molecular formula is C28H29N7O2. The van der Waals surface area contributed by atoms with Gasteiger partial charge in [0, 0.05) is 45.5 Å². The summed E-state index contributed by atoms with van der Waals surface area (Å²) in [5.41, 5.74) is 25.1. The maximum Gasteiger partial charge on any atom is 0.166 e. The van der Waals surface area contributed by atoms with Gasteiger partial charge in [0.2, 0.25) is 0 Å². The first kappa shape index (κ1) is 24.1. The van der Waals surface area contributed by atoms with E-state index in [-0.39, 0.29) is 18.5 Å². The van der Waals surface area contributed by atoms with Crippen LogP contribution in [0.2, 0.25) is 0 Å². The normalized spacial score (nSPS) is 12.1. The predicted molar refractivity (Wildman–Crippen MR) is 147 cm³/mol. The third-order valence-electron chi connectivity index (χ3n) is 6.35. The molecule has 0 aliphatic heterocycles. The van der Waals surface area contributed by atoms with Crippen molar-refractivity contribution in [1.29, 1.82) is 5.41 Å². The largest absolute Gasteiger partial charge is 0.488 e. The number of nitrogens with one attached hydrogen (secondary N) is 2. The van der Waals surface area contributed by atoms with Crippen LogP contribution in [0.3, 0.4) is 0 Å². The number of hydrogen-bond donors (Lipinski definition) is 5. The van der Waals surface area contributed by atoms with Gasteiger partial charge in [-0.15, -0.1) is 0 Å². The smallest absolute Gasteiger partial charge is 0.166 e. The van der Waals surface area contributed by atoms with Gasteiger partial charge in [0.1, 0.15) is 12.4 Å². The van der Waals surface area contributed by atoms with E-state index in [2.05, 4.69) is 21.0 Å². The molecule has 0 bridgehead atoms. The average molecular weight is 496 g/mol. The Morgan fingerprint density at radius 1 is 1.16 bits per heavy atom. The predicted octanol–water partition coefficient (Wildman–Crippen LogP) is 4.69. The summed E-state index contributed by atoms with van der Waals surface area (Å²) in [6.45, 7) is 3.78. The molecule has 0 fully saturated rings. The number of fused-ring (bicyclic) bond motifs is 1. The number of aryl methyl sites for hydroxylation is 1. The Hall–Kier alpha value is -4.63. The lowest BCUT2D eigenvalue weighted by atomic mass is 10.0. The average Bonchev–Trinajstić information content (AvgIpc) is 3.49. The van der Waals surface area contributed by atoms with E-state index >= 15 is 0 Å². The molecule has 5 aromatic rings. The molecule has 4 aromatic heterocycles. The van der Waals surface area contributed by atoms with Crippen molar-refractivity contribution in [2.75, 3.05) is 18.1 Å². The van der Waals surface area contributed by atoms with E-state index in [9.17, 15) is 0 Å². The van der Waals surface area contributed by atoms with E-state index in [4.69, 9.17) is 31.8 Å². The molecule has 4 heterocycles. The lowest BCUT2D eigenvalue weighted by molar-refractivity contribution is 0.288. The zero-order valence-electron chi connectivity index (χ0n) is 20.7. The van der Waals surface area contributed by atoms with Crippen LogP contribution in [0, 0.1) is 12.3 Å². The fraction of sp³-hybridized carbons (Fsp3) is 0.179. The fourth-order valence-corrected chi connectivity index (χ4v) is 4.43. The Bertz CT molecular complexity index is 1600. The van der Waals surface area contributed by atoms with E-state index in [1.54, 1.807) is 25.5 Å². The fourth-order valence-electron chi connectivity index (χ4n) is 4.43. The van der Waals surface area contributed by atoms with Crippen LogP contribution in [0.1, 0.15) is 23.8 Å². The summed E-state index contributed by atoms with van der Waals surface area (Å²) in [6.07, 6.45) is 5.76. The number of nitrogen functional groups attached to an aromatic ring is 2. The third-order valence-corrected chi connectivity index (χ3v) is 6.35. The van der Waals surface area contributed by atoms with Crippen molar-refractivity contribution in [3.05, 3.63) is 78.0 Å². The van der Waals surface area contributed by atoms with Gasteiger partial charge < -0.3 is 36.7 Å². The van der Waals surface area contributed by atoms with Gasteiger partial charge in [0.25, 0.3) is 0 Å². The van der Waals surface area contributed by atoms with Gasteiger partial charge in [-0.25, -0.2) is 4.98 Å². The van der Waals surface area contributed by atoms with Crippen LogP contribution in [-0.2, 0) is 6.42 Å². The van der Waals surface area contributed by atoms with Crippen LogP contribution >= 0.6 is 0 Å². The summed E-state index contributed by atoms with van der Waals surface area (Å²) in [5, 5.41) is 9.23. The van der Waals surface area contributed by atoms with Gasteiger partial charge in [-0.2, -0.15) is 0 Å². The summed E-state index contributed by atoms with van der Waals surface area (Å²) < 4.78 is 11.6. The van der Waals surface area contributed by atoms with Gasteiger partial charge in [0.15, 0.2) is 11.6 Å². The van der Waals surface area contributed by atoms with E-state index in [0.717, 1.165) is 22.0 Å². The van der Waals surface area contributed by atoms with E-state index in [1.807, 2.05) is 43.5 Å². The first-order chi connectivity index (χ1) is 17.8. The van der Waals surface area contributed by atoms with Crippen LogP contribution in [0.4, 0.5) is 11.5 Å². The summed E-state index contributed by atoms with van der Waals surface area (Å²) in [7, 11) is 0. The Balaban J connectivity index is 1.47. The van der Waals surface area contributed by atoms with Gasteiger partial charge in [-0.05, 0) is 50.1 Å². The second-order valence-electron chi connectivity index (χ2n) is 9.07. The second kappa shape index (κ2) is 9.79. The number of ether oxygens (including phenoxy) is 1. The zero-order valence-corrected chi connectivity index (χ0v) is 20.7. The van der Waals surface area contributed by atoms with Crippen molar-refractivity contribution in [2.45, 2.75) is 26.3 Å². The highest BCUT2D eigenvalue weighted by Gasteiger charge is 2.20. The highest BCUT2D eigenvalue weighted by atomic mass is 16.5. The molecule has 5 rings (SSSR count). The van der Waals surface area contributed by atoms with Crippen LogP contribution < -0.4 is 21.9 Å². The number of rotatable bonds is 8. The van der Waals surface area contributed by atoms with E-state index in [1.165, 1.54) is 0 Å². The van der Waals surface area contributed by atoms with Crippen LogP contribution in [0.25, 0.3) is 33.4 Å². The molecule has 1 atom stereocenters. The topological polar surface area (TPSA) is 166 Å². The number of benzene rings is 1. The molecule has 8 N–H and O–H groups in total. The van der Waals surface area contributed by atoms with Gasteiger partial charge in [-0.3, -0.25) is 4.98 Å². The minimum atomic E-state index is -0.264. The number of H-pyrrole nitrogens is 1. The number of anilines is 2. The summed E-state index contributed by atoms with van der Waals surface area (Å²) in [6, 6.07) is 13.3. The Morgan fingerprint density at radius 2 is 1.97 bits per heavy atom. The van der Waals surface area contributed by atoms with Crippen molar-refractivity contribution in [1.82, 2.24) is 15.0 Å². The molecule has 0 aliphatic carbocycles. The standard InChI is InChI=1S/C28H29N7O2/c1-15(29)21-10-25(34-13-23(21)31)22-11-26(28(32)35-27(22)19-7-8-36-16(19)2)37-14-18(30)9-17-12-33-24-6-4-3-5-20(17)24/h3-8,10-13,18,29,33H,9,14,30-31H2,1-2H3,(H2,32,35). The van der Waals surface area contributed by atoms with Crippen molar-refractivity contribution >= 4 is 28.1 Å². The number of para-hydroxylation sites is 1. The lowest BCUT2D eigenvalue weighted by Gasteiger charge is -2.17. The van der Waals surface area contributed by atoms with Gasteiger partial charge in [-0.1, -0.05) is 18.2 Å². The summed E-state index contributed by atoms with van der Waals surface area (Å²) >= 11 is 0. The van der Waals surface area contributed by atoms with Crippen molar-refractivity contribution in [2.24, 2.45) is 5.73 Å². The number of nitrogens with two attached hydrogens (primary N) is 3. The van der Waals surface area contributed by atoms with Gasteiger partial charge >= 0.3 is 0 Å². The Kier molecular flexibility index (Phi) is 6.37. The van der Waals surface area contributed by atoms with Crippen LogP contribution in [-0.4, -0.2) is 33.3 Å². The number of pyridine rings is 2. The molecule has 0 aliphatic rings. The molecule has 9 heteroatoms. The van der Waals surface area contributed by atoms with Crippen molar-refractivity contribution in [3.63, 3.8) is 0 Å². The number of furan rings is 1. The highest BCUT2D eigenvalue weighted by Crippen LogP contribution is 2.37. The molecular weight excluding hydrogens is 466 g/mol. The number of aromatic nitrogens is 3. The van der Waals surface area contributed by atoms with Gasteiger partial charge in [0.05, 0.1) is 29.5 Å². The monoisotopic (exact) mass is 495 g/mol. The van der Waals surface area contributed by atoms with Crippen LogP contribution in [0.5, 0.6) is 5.75 Å². The number of aromatic amines is 1. The molecule has 0 radical (unpaired) electrons. The molecule has 1 unspecified atom stereocenters. The minimum Gasteiger partial charge on any atom is -0.488 e. The maximum atomic E-state index is 8.08. The molecule has 0 spiro atoms. The molecule has 0 saturated carbocycles. The first-order valence-corrected chi connectivity index (χ1v) is 11.9. The van der Waals surface area contributed by atoms with Crippen molar-refractivity contribution < 1.29 is 9.15 Å². The number of hydrogen-bond acceptors (Lipinski definition) is 8. The maximum absolute atomic E-state index is 8.08. The summed E-state index contributed by atoms with van der Waals surface area (Å²) in [5.74, 6) is 1.33. The first-order valence-electron chi connectivity index (χ1n) is 11.9.